The molecule has 0 aromatic heterocycles. The lowest BCUT2D eigenvalue weighted by atomic mass is 10.2. The van der Waals surface area contributed by atoms with Gasteiger partial charge in [0, 0.05) is 43.5 Å². The third-order valence-electron chi connectivity index (χ3n) is 5.13. The van der Waals surface area contributed by atoms with Gasteiger partial charge < -0.3 is 20.9 Å². The number of anilines is 2. The third-order valence-corrected chi connectivity index (χ3v) is 5.13. The number of hydrogen-bond donors (Lipinski definition) is 3. The van der Waals surface area contributed by atoms with Crippen molar-refractivity contribution in [2.45, 2.75) is 45.7 Å². The summed E-state index contributed by atoms with van der Waals surface area (Å²) in [5.41, 5.74) is 3.21. The highest BCUT2D eigenvalue weighted by molar-refractivity contribution is 5.90. The van der Waals surface area contributed by atoms with E-state index in [0.29, 0.717) is 19.0 Å². The molecule has 0 aliphatic carbocycles. The third kappa shape index (κ3) is 6.51. The van der Waals surface area contributed by atoms with Crippen LogP contribution < -0.4 is 20.9 Å². The molecule has 30 heavy (non-hydrogen) atoms. The van der Waals surface area contributed by atoms with Gasteiger partial charge in [0.15, 0.2) is 5.96 Å². The molecule has 0 saturated carbocycles. The van der Waals surface area contributed by atoms with E-state index in [4.69, 9.17) is 4.99 Å². The van der Waals surface area contributed by atoms with E-state index in [-0.39, 0.29) is 5.91 Å². The van der Waals surface area contributed by atoms with Crippen molar-refractivity contribution in [1.29, 1.82) is 0 Å². The van der Waals surface area contributed by atoms with Crippen LogP contribution in [-0.4, -0.2) is 37.5 Å². The molecule has 160 valence electrons. The molecule has 2 aromatic rings. The topological polar surface area (TPSA) is 68.8 Å². The van der Waals surface area contributed by atoms with E-state index in [1.165, 1.54) is 5.69 Å². The van der Waals surface area contributed by atoms with Gasteiger partial charge in [0.25, 0.3) is 0 Å². The maximum absolute atomic E-state index is 11.7. The summed E-state index contributed by atoms with van der Waals surface area (Å²) in [6, 6.07) is 18.8. The molecular formula is C24H33N5O. The van der Waals surface area contributed by atoms with Gasteiger partial charge in [0.2, 0.25) is 5.91 Å². The molecule has 1 fully saturated rings. The second-order valence-corrected chi connectivity index (χ2v) is 7.60. The van der Waals surface area contributed by atoms with Crippen molar-refractivity contribution >= 4 is 23.2 Å². The predicted molar refractivity (Wildman–Crippen MR) is 125 cm³/mol. The van der Waals surface area contributed by atoms with Crippen LogP contribution in [0.15, 0.2) is 59.6 Å². The number of carbonyl (C=O) groups excluding carboxylic acids is 1. The van der Waals surface area contributed by atoms with Gasteiger partial charge in [-0.05, 0) is 49.6 Å². The summed E-state index contributed by atoms with van der Waals surface area (Å²) in [4.78, 5) is 18.9. The molecule has 1 heterocycles. The lowest BCUT2D eigenvalue weighted by Gasteiger charge is -2.20. The van der Waals surface area contributed by atoms with Crippen molar-refractivity contribution in [1.82, 2.24) is 10.6 Å². The Hall–Kier alpha value is -3.02. The van der Waals surface area contributed by atoms with Gasteiger partial charge in [-0.2, -0.15) is 0 Å². The van der Waals surface area contributed by atoms with Gasteiger partial charge >= 0.3 is 0 Å². The maximum Gasteiger partial charge on any atom is 0.224 e. The molecule has 0 spiro atoms. The second kappa shape index (κ2) is 11.2. The van der Waals surface area contributed by atoms with Gasteiger partial charge in [-0.1, -0.05) is 37.3 Å². The van der Waals surface area contributed by atoms with E-state index in [0.717, 1.165) is 49.7 Å². The Morgan fingerprint density at radius 3 is 2.57 bits per heavy atom. The molecule has 6 nitrogen and oxygen atoms in total. The number of carbonyl (C=O) groups is 1. The van der Waals surface area contributed by atoms with Crippen LogP contribution in [0, 0.1) is 0 Å². The van der Waals surface area contributed by atoms with Crippen molar-refractivity contribution in [3.63, 3.8) is 0 Å². The van der Waals surface area contributed by atoms with Gasteiger partial charge in [0.05, 0.1) is 6.54 Å². The first kappa shape index (κ1) is 21.7. The molecule has 1 unspecified atom stereocenters. The monoisotopic (exact) mass is 407 g/mol. The van der Waals surface area contributed by atoms with E-state index >= 15 is 0 Å². The summed E-state index contributed by atoms with van der Waals surface area (Å²) in [5.74, 6) is 0.903. The number of aliphatic imine (C=N–C) groups is 1. The van der Waals surface area contributed by atoms with Crippen LogP contribution in [0.5, 0.6) is 0 Å². The summed E-state index contributed by atoms with van der Waals surface area (Å²) in [5, 5.41) is 9.84. The quantitative estimate of drug-likeness (QED) is 0.460. The van der Waals surface area contributed by atoms with Crippen LogP contribution >= 0.6 is 0 Å². The van der Waals surface area contributed by atoms with E-state index < -0.39 is 0 Å². The Morgan fingerprint density at radius 2 is 1.87 bits per heavy atom. The van der Waals surface area contributed by atoms with Crippen LogP contribution in [0.3, 0.4) is 0 Å². The highest BCUT2D eigenvalue weighted by atomic mass is 16.1. The molecular weight excluding hydrogens is 374 g/mol. The van der Waals surface area contributed by atoms with E-state index in [9.17, 15) is 4.79 Å². The summed E-state index contributed by atoms with van der Waals surface area (Å²) in [6.45, 7) is 7.52. The van der Waals surface area contributed by atoms with Crippen molar-refractivity contribution in [3.05, 3.63) is 60.2 Å². The molecule has 2 aromatic carbocycles. The Morgan fingerprint density at radius 1 is 1.10 bits per heavy atom. The largest absolute Gasteiger partial charge is 0.369 e. The predicted octanol–water partition coefficient (Wildman–Crippen LogP) is 3.76. The molecule has 1 atom stereocenters. The van der Waals surface area contributed by atoms with Gasteiger partial charge in [-0.15, -0.1) is 0 Å². The minimum absolute atomic E-state index is 0.0583. The Labute approximate surface area is 179 Å². The van der Waals surface area contributed by atoms with Crippen molar-refractivity contribution < 1.29 is 4.79 Å². The van der Waals surface area contributed by atoms with E-state index in [1.807, 2.05) is 31.2 Å². The second-order valence-electron chi connectivity index (χ2n) is 7.60. The smallest absolute Gasteiger partial charge is 0.224 e. The first-order valence-corrected chi connectivity index (χ1v) is 10.9. The zero-order chi connectivity index (χ0) is 21.2. The summed E-state index contributed by atoms with van der Waals surface area (Å²) in [6.07, 6.45) is 2.49. The summed E-state index contributed by atoms with van der Waals surface area (Å²) < 4.78 is 0. The standard InChI is InChI=1S/C24H33N5O/c1-3-8-23(30)27-20-13-11-19(12-14-20)17-26-24(25-4-2)28-21-15-16-29(18-21)22-9-6-5-7-10-22/h5-7,9-14,21H,3-4,8,15-18H2,1-2H3,(H,27,30)(H2,25,26,28). The van der Waals surface area contributed by atoms with E-state index in [1.54, 1.807) is 0 Å². The molecule has 1 aliphatic heterocycles. The number of para-hydroxylation sites is 1. The highest BCUT2D eigenvalue weighted by Gasteiger charge is 2.23. The number of amides is 1. The average molecular weight is 408 g/mol. The molecule has 0 bridgehead atoms. The van der Waals surface area contributed by atoms with Crippen molar-refractivity contribution in [3.8, 4) is 0 Å². The van der Waals surface area contributed by atoms with E-state index in [2.05, 4.69) is 58.1 Å². The number of hydrogen-bond acceptors (Lipinski definition) is 3. The van der Waals surface area contributed by atoms with Crippen molar-refractivity contribution in [2.75, 3.05) is 29.9 Å². The summed E-state index contributed by atoms with van der Waals surface area (Å²) in [7, 11) is 0. The first-order chi connectivity index (χ1) is 14.7. The molecule has 3 N–H and O–H groups in total. The van der Waals surface area contributed by atoms with Crippen molar-refractivity contribution in [2.24, 2.45) is 4.99 Å². The van der Waals surface area contributed by atoms with Crippen LogP contribution in [0.25, 0.3) is 0 Å². The van der Waals surface area contributed by atoms with Crippen LogP contribution in [0.1, 0.15) is 38.7 Å². The molecule has 1 aliphatic rings. The number of rotatable bonds is 8. The fraction of sp³-hybridized carbons (Fsp3) is 0.417. The molecule has 1 amide bonds. The number of benzene rings is 2. The van der Waals surface area contributed by atoms with Gasteiger partial charge in [-0.25, -0.2) is 4.99 Å². The SMILES string of the molecule is CCCC(=O)Nc1ccc(CN=C(NCC)NC2CCN(c3ccccc3)C2)cc1. The maximum atomic E-state index is 11.7. The number of nitrogens with one attached hydrogen (secondary N) is 3. The Balaban J connectivity index is 1.54. The fourth-order valence-electron chi connectivity index (χ4n) is 3.58. The lowest BCUT2D eigenvalue weighted by Crippen LogP contribution is -2.44. The van der Waals surface area contributed by atoms with Crippen LogP contribution in [0.2, 0.25) is 0 Å². The summed E-state index contributed by atoms with van der Waals surface area (Å²) >= 11 is 0. The zero-order valence-electron chi connectivity index (χ0n) is 18.0. The normalized spacial score (nSPS) is 16.4. The minimum Gasteiger partial charge on any atom is -0.369 e. The van der Waals surface area contributed by atoms with Crippen LogP contribution in [-0.2, 0) is 11.3 Å². The fourth-order valence-corrected chi connectivity index (χ4v) is 3.58. The molecule has 3 rings (SSSR count). The molecule has 6 heteroatoms. The van der Waals surface area contributed by atoms with Crippen LogP contribution in [0.4, 0.5) is 11.4 Å². The average Bonchev–Trinajstić information content (AvgIpc) is 3.22. The molecule has 1 saturated heterocycles. The lowest BCUT2D eigenvalue weighted by molar-refractivity contribution is -0.116. The van der Waals surface area contributed by atoms with Gasteiger partial charge in [0.1, 0.15) is 0 Å². The minimum atomic E-state index is 0.0583. The zero-order valence-corrected chi connectivity index (χ0v) is 18.0. The molecule has 0 radical (unpaired) electrons. The van der Waals surface area contributed by atoms with Gasteiger partial charge in [-0.3, -0.25) is 4.79 Å². The Bertz CT molecular complexity index is 819. The Kier molecular flexibility index (Phi) is 8.12. The highest BCUT2D eigenvalue weighted by Crippen LogP contribution is 2.19. The number of nitrogens with zero attached hydrogens (tertiary/aromatic N) is 2. The first-order valence-electron chi connectivity index (χ1n) is 10.9. The number of guanidine groups is 1.